The van der Waals surface area contributed by atoms with E-state index >= 15 is 0 Å². The molecular weight excluding hydrogens is 180 g/mol. The number of benzene rings is 1. The van der Waals surface area contributed by atoms with E-state index in [-0.39, 0.29) is 6.79 Å². The number of ether oxygens (including phenoxy) is 2. The lowest BCUT2D eigenvalue weighted by molar-refractivity contribution is 0.0522. The van der Waals surface area contributed by atoms with E-state index in [0.717, 1.165) is 22.5 Å². The van der Waals surface area contributed by atoms with E-state index in [9.17, 15) is 0 Å². The van der Waals surface area contributed by atoms with Crippen molar-refractivity contribution in [1.29, 1.82) is 0 Å². The zero-order chi connectivity index (χ0) is 9.97. The molecule has 3 nitrogen and oxygen atoms in total. The van der Waals surface area contributed by atoms with Gasteiger partial charge in [0, 0.05) is 7.11 Å². The molecule has 0 amide bonds. The number of hydrogen-bond donors (Lipinski definition) is 0. The standard InChI is InChI=1S/C11H12O3/c1-8-6-9-10(13-7-12-2)4-3-5-11(9)14-8/h3-6H,7H2,1-2H3. The smallest absolute Gasteiger partial charge is 0.188 e. The summed E-state index contributed by atoms with van der Waals surface area (Å²) >= 11 is 0. The zero-order valence-corrected chi connectivity index (χ0v) is 8.24. The van der Waals surface area contributed by atoms with Gasteiger partial charge in [-0.15, -0.1) is 0 Å². The van der Waals surface area contributed by atoms with Crippen molar-refractivity contribution < 1.29 is 13.9 Å². The van der Waals surface area contributed by atoms with Gasteiger partial charge in [0.15, 0.2) is 6.79 Å². The quantitative estimate of drug-likeness (QED) is 0.701. The molecule has 0 unspecified atom stereocenters. The lowest BCUT2D eigenvalue weighted by atomic mass is 10.2. The molecule has 2 rings (SSSR count). The second kappa shape index (κ2) is 3.72. The molecule has 1 aromatic heterocycles. The van der Waals surface area contributed by atoms with Crippen LogP contribution in [0.1, 0.15) is 5.76 Å². The van der Waals surface area contributed by atoms with Crippen LogP contribution in [0.4, 0.5) is 0 Å². The Morgan fingerprint density at radius 1 is 1.36 bits per heavy atom. The van der Waals surface area contributed by atoms with Crippen LogP contribution in [-0.2, 0) is 4.74 Å². The van der Waals surface area contributed by atoms with Crippen molar-refractivity contribution in [2.24, 2.45) is 0 Å². The molecule has 1 aromatic carbocycles. The molecule has 1 heterocycles. The van der Waals surface area contributed by atoms with E-state index in [1.807, 2.05) is 31.2 Å². The molecule has 3 heteroatoms. The monoisotopic (exact) mass is 192 g/mol. The predicted molar refractivity (Wildman–Crippen MR) is 53.5 cm³/mol. The average Bonchev–Trinajstić information content (AvgIpc) is 2.55. The molecule has 0 bridgehead atoms. The molecule has 0 N–H and O–H groups in total. The van der Waals surface area contributed by atoms with E-state index in [0.29, 0.717) is 0 Å². The second-order valence-corrected chi connectivity index (χ2v) is 3.08. The maximum absolute atomic E-state index is 5.47. The molecule has 0 aliphatic rings. The fourth-order valence-electron chi connectivity index (χ4n) is 1.41. The lowest BCUT2D eigenvalue weighted by Gasteiger charge is -2.04. The average molecular weight is 192 g/mol. The lowest BCUT2D eigenvalue weighted by Crippen LogP contribution is -1.98. The fraction of sp³-hybridized carbons (Fsp3) is 0.273. The van der Waals surface area contributed by atoms with Crippen LogP contribution in [0.3, 0.4) is 0 Å². The molecule has 0 saturated carbocycles. The van der Waals surface area contributed by atoms with Crippen LogP contribution >= 0.6 is 0 Å². The van der Waals surface area contributed by atoms with Gasteiger partial charge in [0.25, 0.3) is 0 Å². The molecule has 0 radical (unpaired) electrons. The molecule has 0 atom stereocenters. The first-order chi connectivity index (χ1) is 6.81. The third-order valence-corrected chi connectivity index (χ3v) is 1.98. The molecule has 0 spiro atoms. The summed E-state index contributed by atoms with van der Waals surface area (Å²) in [6.07, 6.45) is 0. The second-order valence-electron chi connectivity index (χ2n) is 3.08. The predicted octanol–water partition coefficient (Wildman–Crippen LogP) is 2.72. The van der Waals surface area contributed by atoms with Crippen LogP contribution in [0.5, 0.6) is 5.75 Å². The van der Waals surface area contributed by atoms with Crippen molar-refractivity contribution >= 4 is 11.0 Å². The first-order valence-corrected chi connectivity index (χ1v) is 4.42. The van der Waals surface area contributed by atoms with Crippen molar-refractivity contribution in [2.45, 2.75) is 6.92 Å². The van der Waals surface area contributed by atoms with Crippen molar-refractivity contribution in [1.82, 2.24) is 0 Å². The van der Waals surface area contributed by atoms with Crippen molar-refractivity contribution in [2.75, 3.05) is 13.9 Å². The van der Waals surface area contributed by atoms with E-state index in [4.69, 9.17) is 13.9 Å². The van der Waals surface area contributed by atoms with Crippen molar-refractivity contribution in [3.05, 3.63) is 30.0 Å². The molecule has 0 fully saturated rings. The Morgan fingerprint density at radius 3 is 3.00 bits per heavy atom. The molecular formula is C11H12O3. The van der Waals surface area contributed by atoms with Crippen LogP contribution < -0.4 is 4.74 Å². The normalized spacial score (nSPS) is 10.7. The fourth-order valence-corrected chi connectivity index (χ4v) is 1.41. The largest absolute Gasteiger partial charge is 0.467 e. The highest BCUT2D eigenvalue weighted by atomic mass is 16.7. The molecule has 14 heavy (non-hydrogen) atoms. The number of fused-ring (bicyclic) bond motifs is 1. The van der Waals surface area contributed by atoms with Gasteiger partial charge in [0.05, 0.1) is 5.39 Å². The van der Waals surface area contributed by atoms with Crippen molar-refractivity contribution in [3.8, 4) is 5.75 Å². The van der Waals surface area contributed by atoms with Gasteiger partial charge in [-0.25, -0.2) is 0 Å². The summed E-state index contributed by atoms with van der Waals surface area (Å²) in [6, 6.07) is 7.68. The summed E-state index contributed by atoms with van der Waals surface area (Å²) in [5.41, 5.74) is 0.844. The first kappa shape index (κ1) is 9.09. The molecule has 74 valence electrons. The minimum atomic E-state index is 0.253. The van der Waals surface area contributed by atoms with Gasteiger partial charge in [0.1, 0.15) is 17.1 Å². The minimum Gasteiger partial charge on any atom is -0.467 e. The number of aryl methyl sites for hydroxylation is 1. The van der Waals surface area contributed by atoms with E-state index in [1.54, 1.807) is 7.11 Å². The highest BCUT2D eigenvalue weighted by molar-refractivity contribution is 5.84. The molecule has 0 aliphatic carbocycles. The topological polar surface area (TPSA) is 31.6 Å². The van der Waals surface area contributed by atoms with Crippen LogP contribution in [0.15, 0.2) is 28.7 Å². The number of rotatable bonds is 3. The maximum Gasteiger partial charge on any atom is 0.188 e. The summed E-state index contributed by atoms with van der Waals surface area (Å²) in [6.45, 7) is 2.17. The Morgan fingerprint density at radius 2 is 2.21 bits per heavy atom. The van der Waals surface area contributed by atoms with Gasteiger partial charge < -0.3 is 13.9 Å². The minimum absolute atomic E-state index is 0.253. The maximum atomic E-state index is 5.47. The Kier molecular flexibility index (Phi) is 2.41. The Labute approximate surface area is 82.2 Å². The van der Waals surface area contributed by atoms with Gasteiger partial charge in [-0.3, -0.25) is 0 Å². The third-order valence-electron chi connectivity index (χ3n) is 1.98. The van der Waals surface area contributed by atoms with Crippen LogP contribution in [0.25, 0.3) is 11.0 Å². The summed E-state index contributed by atoms with van der Waals surface area (Å²) < 4.78 is 15.7. The summed E-state index contributed by atoms with van der Waals surface area (Å²) in [5, 5.41) is 0.988. The zero-order valence-electron chi connectivity index (χ0n) is 8.24. The third kappa shape index (κ3) is 1.59. The van der Waals surface area contributed by atoms with Crippen LogP contribution in [0, 0.1) is 6.92 Å². The van der Waals surface area contributed by atoms with Gasteiger partial charge in [-0.05, 0) is 25.1 Å². The number of methoxy groups -OCH3 is 1. The van der Waals surface area contributed by atoms with E-state index in [2.05, 4.69) is 0 Å². The highest BCUT2D eigenvalue weighted by Gasteiger charge is 2.05. The van der Waals surface area contributed by atoms with Crippen LogP contribution in [-0.4, -0.2) is 13.9 Å². The van der Waals surface area contributed by atoms with Crippen molar-refractivity contribution in [3.63, 3.8) is 0 Å². The Bertz CT molecular complexity index is 431. The van der Waals surface area contributed by atoms with Gasteiger partial charge >= 0.3 is 0 Å². The number of hydrogen-bond acceptors (Lipinski definition) is 3. The molecule has 0 saturated heterocycles. The first-order valence-electron chi connectivity index (χ1n) is 4.42. The van der Waals surface area contributed by atoms with E-state index < -0.39 is 0 Å². The summed E-state index contributed by atoms with van der Waals surface area (Å²) in [4.78, 5) is 0. The summed E-state index contributed by atoms with van der Waals surface area (Å²) in [7, 11) is 1.60. The molecule has 2 aromatic rings. The Balaban J connectivity index is 2.42. The summed E-state index contributed by atoms with van der Waals surface area (Å²) in [5.74, 6) is 1.68. The highest BCUT2D eigenvalue weighted by Crippen LogP contribution is 2.28. The number of furan rings is 1. The van der Waals surface area contributed by atoms with Gasteiger partial charge in [-0.1, -0.05) is 6.07 Å². The molecule has 0 aliphatic heterocycles. The SMILES string of the molecule is COCOc1cccc2oc(C)cc12. The van der Waals surface area contributed by atoms with Gasteiger partial charge in [-0.2, -0.15) is 0 Å². The van der Waals surface area contributed by atoms with Crippen LogP contribution in [0.2, 0.25) is 0 Å². The Hall–Kier alpha value is -1.48. The van der Waals surface area contributed by atoms with E-state index in [1.165, 1.54) is 0 Å². The van der Waals surface area contributed by atoms with Gasteiger partial charge in [0.2, 0.25) is 0 Å².